The van der Waals surface area contributed by atoms with Crippen molar-refractivity contribution in [3.8, 4) is 11.4 Å². The van der Waals surface area contributed by atoms with Gasteiger partial charge in [0.1, 0.15) is 4.90 Å². The third kappa shape index (κ3) is 4.84. The van der Waals surface area contributed by atoms with Crippen LogP contribution in [0.5, 0.6) is 0 Å². The third-order valence-corrected chi connectivity index (χ3v) is 5.00. The van der Waals surface area contributed by atoms with Gasteiger partial charge in [0.2, 0.25) is 10.0 Å². The number of nitrogens with zero attached hydrogens (tertiary/aromatic N) is 2. The lowest BCUT2D eigenvalue weighted by Gasteiger charge is -2.25. The van der Waals surface area contributed by atoms with E-state index in [1.165, 1.54) is 12.4 Å². The van der Waals surface area contributed by atoms with E-state index in [0.29, 0.717) is 5.82 Å². The van der Waals surface area contributed by atoms with Crippen LogP contribution in [0.2, 0.25) is 0 Å². The zero-order valence-corrected chi connectivity index (χ0v) is 14.2. The third-order valence-electron chi connectivity index (χ3n) is 3.34. The Labute approximate surface area is 140 Å². The largest absolute Gasteiger partial charge is 0.481 e. The van der Waals surface area contributed by atoms with Crippen LogP contribution < -0.4 is 4.72 Å². The van der Waals surface area contributed by atoms with Crippen molar-refractivity contribution < 1.29 is 18.3 Å². The van der Waals surface area contributed by atoms with Gasteiger partial charge in [-0.05, 0) is 20.3 Å². The standard InChI is InChI=1S/C16H19N3O4S/c1-16(2,9-8-14(20)21)19-24(22,23)13-10-17-15(18-11-13)12-6-4-3-5-7-12/h3-7,10-11,19H,8-9H2,1-2H3,(H,20,21). The molecule has 0 bridgehead atoms. The molecule has 24 heavy (non-hydrogen) atoms. The molecule has 1 heterocycles. The average Bonchev–Trinajstić information content (AvgIpc) is 2.53. The SMILES string of the molecule is CC(C)(CCC(=O)O)NS(=O)(=O)c1cnc(-c2ccccc2)nc1. The molecule has 0 saturated heterocycles. The van der Waals surface area contributed by atoms with Gasteiger partial charge < -0.3 is 5.11 Å². The van der Waals surface area contributed by atoms with Crippen molar-refractivity contribution in [2.75, 3.05) is 0 Å². The molecule has 0 aliphatic carbocycles. The second kappa shape index (κ2) is 7.06. The average molecular weight is 349 g/mol. The maximum Gasteiger partial charge on any atom is 0.303 e. The van der Waals surface area contributed by atoms with Gasteiger partial charge in [0.15, 0.2) is 5.82 Å². The molecule has 0 saturated carbocycles. The number of rotatable bonds is 7. The molecule has 2 aromatic rings. The van der Waals surface area contributed by atoms with Crippen molar-refractivity contribution >= 4 is 16.0 Å². The van der Waals surface area contributed by atoms with Crippen LogP contribution in [0.1, 0.15) is 26.7 Å². The molecule has 1 aromatic carbocycles. The zero-order chi connectivity index (χ0) is 17.8. The Morgan fingerprint density at radius 3 is 2.29 bits per heavy atom. The highest BCUT2D eigenvalue weighted by Crippen LogP contribution is 2.18. The summed E-state index contributed by atoms with van der Waals surface area (Å²) in [6.45, 7) is 3.26. The molecule has 8 heteroatoms. The van der Waals surface area contributed by atoms with E-state index in [2.05, 4.69) is 14.7 Å². The highest BCUT2D eigenvalue weighted by Gasteiger charge is 2.27. The molecule has 2 rings (SSSR count). The van der Waals surface area contributed by atoms with Crippen LogP contribution in [0.4, 0.5) is 0 Å². The Morgan fingerprint density at radius 2 is 1.75 bits per heavy atom. The lowest BCUT2D eigenvalue weighted by molar-refractivity contribution is -0.137. The monoisotopic (exact) mass is 349 g/mol. The van der Waals surface area contributed by atoms with E-state index in [9.17, 15) is 13.2 Å². The van der Waals surface area contributed by atoms with Crippen molar-refractivity contribution in [3.63, 3.8) is 0 Å². The smallest absolute Gasteiger partial charge is 0.303 e. The highest BCUT2D eigenvalue weighted by molar-refractivity contribution is 7.89. The molecular weight excluding hydrogens is 330 g/mol. The molecule has 0 atom stereocenters. The number of carboxylic acid groups (broad SMARTS) is 1. The number of benzene rings is 1. The molecule has 2 N–H and O–H groups in total. The van der Waals surface area contributed by atoms with Crippen LogP contribution in [-0.2, 0) is 14.8 Å². The van der Waals surface area contributed by atoms with E-state index in [-0.39, 0.29) is 17.7 Å². The quantitative estimate of drug-likeness (QED) is 0.792. The Hall–Kier alpha value is -2.32. The van der Waals surface area contributed by atoms with Crippen LogP contribution >= 0.6 is 0 Å². The molecule has 0 spiro atoms. The van der Waals surface area contributed by atoms with E-state index in [0.717, 1.165) is 5.56 Å². The minimum absolute atomic E-state index is 0.0643. The Kier molecular flexibility index (Phi) is 5.30. The number of hydrogen-bond donors (Lipinski definition) is 2. The molecule has 0 fully saturated rings. The minimum Gasteiger partial charge on any atom is -0.481 e. The number of carbonyl (C=O) groups is 1. The van der Waals surface area contributed by atoms with Gasteiger partial charge in [0, 0.05) is 17.5 Å². The Bertz CT molecular complexity index is 803. The molecule has 0 unspecified atom stereocenters. The maximum atomic E-state index is 12.4. The molecule has 0 amide bonds. The van der Waals surface area contributed by atoms with Crippen LogP contribution in [-0.4, -0.2) is 35.0 Å². The van der Waals surface area contributed by atoms with Crippen molar-refractivity contribution in [2.24, 2.45) is 0 Å². The number of carboxylic acids is 1. The second-order valence-corrected chi connectivity index (χ2v) is 7.67. The van der Waals surface area contributed by atoms with Gasteiger partial charge in [-0.15, -0.1) is 0 Å². The predicted octanol–water partition coefficient (Wildman–Crippen LogP) is 2.07. The van der Waals surface area contributed by atoms with E-state index >= 15 is 0 Å². The molecule has 0 aliphatic rings. The molecule has 0 radical (unpaired) electrons. The first kappa shape index (κ1) is 18.0. The fraction of sp³-hybridized carbons (Fsp3) is 0.312. The summed E-state index contributed by atoms with van der Waals surface area (Å²) in [5.41, 5.74) is -0.105. The molecule has 1 aromatic heterocycles. The van der Waals surface area contributed by atoms with Crippen molar-refractivity contribution in [3.05, 3.63) is 42.7 Å². The highest BCUT2D eigenvalue weighted by atomic mass is 32.2. The van der Waals surface area contributed by atoms with E-state index in [4.69, 9.17) is 5.11 Å². The maximum absolute atomic E-state index is 12.4. The van der Waals surface area contributed by atoms with Crippen LogP contribution in [0.15, 0.2) is 47.6 Å². The summed E-state index contributed by atoms with van der Waals surface area (Å²) < 4.78 is 27.3. The first-order chi connectivity index (χ1) is 11.2. The van der Waals surface area contributed by atoms with Gasteiger partial charge in [-0.3, -0.25) is 4.79 Å². The lowest BCUT2D eigenvalue weighted by Crippen LogP contribution is -2.43. The number of aromatic nitrogens is 2. The lowest BCUT2D eigenvalue weighted by atomic mass is 10.0. The van der Waals surface area contributed by atoms with Gasteiger partial charge in [-0.1, -0.05) is 30.3 Å². The fourth-order valence-corrected chi connectivity index (χ4v) is 3.41. The van der Waals surface area contributed by atoms with Gasteiger partial charge in [0.05, 0.1) is 12.4 Å². The Balaban J connectivity index is 2.16. The van der Waals surface area contributed by atoms with E-state index < -0.39 is 21.5 Å². The second-order valence-electron chi connectivity index (χ2n) is 5.99. The van der Waals surface area contributed by atoms with Gasteiger partial charge in [0.25, 0.3) is 0 Å². The number of aliphatic carboxylic acids is 1. The fourth-order valence-electron chi connectivity index (χ4n) is 2.08. The molecule has 0 aliphatic heterocycles. The molecular formula is C16H19N3O4S. The summed E-state index contributed by atoms with van der Waals surface area (Å²) in [5.74, 6) is -0.544. The van der Waals surface area contributed by atoms with E-state index in [1.54, 1.807) is 13.8 Å². The number of sulfonamides is 1. The first-order valence-corrected chi connectivity index (χ1v) is 8.81. The summed E-state index contributed by atoms with van der Waals surface area (Å²) in [5, 5.41) is 8.73. The van der Waals surface area contributed by atoms with Crippen molar-refractivity contribution in [1.82, 2.24) is 14.7 Å². The summed E-state index contributed by atoms with van der Waals surface area (Å²) in [4.78, 5) is 18.8. The van der Waals surface area contributed by atoms with Crippen molar-refractivity contribution in [2.45, 2.75) is 37.1 Å². The van der Waals surface area contributed by atoms with E-state index in [1.807, 2.05) is 30.3 Å². The predicted molar refractivity (Wildman–Crippen MR) is 88.7 cm³/mol. The summed E-state index contributed by atoms with van der Waals surface area (Å²) in [6, 6.07) is 9.21. The van der Waals surface area contributed by atoms with Crippen LogP contribution in [0.25, 0.3) is 11.4 Å². The summed E-state index contributed by atoms with van der Waals surface area (Å²) in [7, 11) is -3.83. The molecule has 128 valence electrons. The first-order valence-electron chi connectivity index (χ1n) is 7.33. The zero-order valence-electron chi connectivity index (χ0n) is 13.4. The molecule has 7 nitrogen and oxygen atoms in total. The normalized spacial score (nSPS) is 12.1. The van der Waals surface area contributed by atoms with Crippen LogP contribution in [0, 0.1) is 0 Å². The Morgan fingerprint density at radius 1 is 1.17 bits per heavy atom. The number of nitrogens with one attached hydrogen (secondary N) is 1. The summed E-state index contributed by atoms with van der Waals surface area (Å²) in [6.07, 6.45) is 2.53. The number of hydrogen-bond acceptors (Lipinski definition) is 5. The van der Waals surface area contributed by atoms with Gasteiger partial charge >= 0.3 is 5.97 Å². The van der Waals surface area contributed by atoms with Gasteiger partial charge in [-0.25, -0.2) is 23.1 Å². The minimum atomic E-state index is -3.83. The van der Waals surface area contributed by atoms with Crippen molar-refractivity contribution in [1.29, 1.82) is 0 Å². The topological polar surface area (TPSA) is 109 Å². The van der Waals surface area contributed by atoms with Gasteiger partial charge in [-0.2, -0.15) is 0 Å². The summed E-state index contributed by atoms with van der Waals surface area (Å²) >= 11 is 0. The van der Waals surface area contributed by atoms with Crippen LogP contribution in [0.3, 0.4) is 0 Å².